The molecule has 184 valence electrons. The van der Waals surface area contributed by atoms with Gasteiger partial charge in [-0.2, -0.15) is 0 Å². The zero-order valence-electron chi connectivity index (χ0n) is 20.4. The first-order valence-electron chi connectivity index (χ1n) is 11.8. The third kappa shape index (κ3) is 5.98. The minimum absolute atomic E-state index is 0.146. The Morgan fingerprint density at radius 2 is 1.50 bits per heavy atom. The van der Waals surface area contributed by atoms with Crippen LogP contribution in [0.3, 0.4) is 0 Å². The first-order chi connectivity index (χ1) is 17.4. The molecule has 3 aromatic carbocycles. The molecule has 0 spiro atoms. The van der Waals surface area contributed by atoms with Gasteiger partial charge in [-0.1, -0.05) is 55.0 Å². The summed E-state index contributed by atoms with van der Waals surface area (Å²) < 4.78 is 28.5. The summed E-state index contributed by atoms with van der Waals surface area (Å²) in [5, 5.41) is 2.85. The number of nitrogens with zero attached hydrogens (tertiary/aromatic N) is 2. The van der Waals surface area contributed by atoms with E-state index in [1.807, 2.05) is 62.4 Å². The fraction of sp³-hybridized carbons (Fsp3) is 0.172. The summed E-state index contributed by atoms with van der Waals surface area (Å²) >= 11 is 0. The van der Waals surface area contributed by atoms with E-state index >= 15 is 0 Å². The molecule has 4 aromatic rings. The smallest absolute Gasteiger partial charge is 0.264 e. The molecule has 1 heterocycles. The zero-order valence-corrected chi connectivity index (χ0v) is 21.2. The second-order valence-corrected chi connectivity index (χ2v) is 10.4. The van der Waals surface area contributed by atoms with E-state index in [0.717, 1.165) is 28.7 Å². The Balaban J connectivity index is 1.56. The van der Waals surface area contributed by atoms with Gasteiger partial charge in [-0.25, -0.2) is 8.42 Å². The van der Waals surface area contributed by atoms with Crippen LogP contribution in [-0.4, -0.2) is 25.9 Å². The summed E-state index contributed by atoms with van der Waals surface area (Å²) in [6.45, 7) is 3.52. The molecule has 0 atom stereocenters. The number of hydrogen-bond acceptors (Lipinski definition) is 4. The maximum absolute atomic E-state index is 13.7. The number of anilines is 2. The van der Waals surface area contributed by atoms with E-state index in [1.165, 1.54) is 4.31 Å². The van der Waals surface area contributed by atoms with E-state index < -0.39 is 15.9 Å². The molecule has 0 fully saturated rings. The highest BCUT2D eigenvalue weighted by Crippen LogP contribution is 2.28. The Hall–Kier alpha value is -3.97. The van der Waals surface area contributed by atoms with Crippen LogP contribution in [0.25, 0.3) is 0 Å². The van der Waals surface area contributed by atoms with Gasteiger partial charge in [0, 0.05) is 18.1 Å². The van der Waals surface area contributed by atoms with E-state index in [9.17, 15) is 13.2 Å². The van der Waals surface area contributed by atoms with Crippen LogP contribution in [0.5, 0.6) is 0 Å². The lowest BCUT2D eigenvalue weighted by Gasteiger charge is -2.26. The van der Waals surface area contributed by atoms with E-state index in [-0.39, 0.29) is 11.4 Å². The Labute approximate surface area is 212 Å². The van der Waals surface area contributed by atoms with Crippen molar-refractivity contribution in [3.63, 3.8) is 0 Å². The maximum atomic E-state index is 13.7. The molecule has 1 N–H and O–H groups in total. The van der Waals surface area contributed by atoms with Gasteiger partial charge in [0.1, 0.15) is 6.54 Å². The van der Waals surface area contributed by atoms with E-state index in [0.29, 0.717) is 17.8 Å². The summed E-state index contributed by atoms with van der Waals surface area (Å²) in [5.41, 5.74) is 5.16. The Bertz CT molecular complexity index is 1420. The molecule has 0 unspecified atom stereocenters. The van der Waals surface area contributed by atoms with Crippen molar-refractivity contribution >= 4 is 27.3 Å². The summed E-state index contributed by atoms with van der Waals surface area (Å²) in [6.07, 6.45) is 4.91. The highest BCUT2D eigenvalue weighted by molar-refractivity contribution is 7.92. The fourth-order valence-electron chi connectivity index (χ4n) is 3.96. The average molecular weight is 500 g/mol. The topological polar surface area (TPSA) is 79.4 Å². The lowest BCUT2D eigenvalue weighted by molar-refractivity contribution is -0.114. The van der Waals surface area contributed by atoms with Crippen LogP contribution in [-0.2, 0) is 27.7 Å². The summed E-state index contributed by atoms with van der Waals surface area (Å²) in [7, 11) is -3.96. The molecule has 36 heavy (non-hydrogen) atoms. The van der Waals surface area contributed by atoms with Crippen LogP contribution in [0.2, 0.25) is 0 Å². The highest BCUT2D eigenvalue weighted by atomic mass is 32.2. The summed E-state index contributed by atoms with van der Waals surface area (Å²) in [5.74, 6) is -0.418. The third-order valence-corrected chi connectivity index (χ3v) is 7.71. The Morgan fingerprint density at radius 1 is 0.861 bits per heavy atom. The number of aryl methyl sites for hydroxylation is 2. The van der Waals surface area contributed by atoms with Crippen LogP contribution in [0.1, 0.15) is 29.2 Å². The van der Waals surface area contributed by atoms with Crippen LogP contribution in [0.15, 0.2) is 102 Å². The summed E-state index contributed by atoms with van der Waals surface area (Å²) in [6, 6.07) is 25.4. The van der Waals surface area contributed by atoms with E-state index in [2.05, 4.69) is 10.3 Å². The van der Waals surface area contributed by atoms with Crippen molar-refractivity contribution in [2.45, 2.75) is 31.6 Å². The van der Waals surface area contributed by atoms with Crippen LogP contribution in [0, 0.1) is 6.92 Å². The standard InChI is InChI=1S/C29H29N3O3S/c1-3-25-6-4-5-7-28(25)32(36(34,35)27-14-8-22(2)9-15-27)21-29(33)31-26-12-10-23(11-13-26)20-24-16-18-30-19-17-24/h4-19H,3,20-21H2,1-2H3,(H,31,33). The van der Waals surface area contributed by atoms with Gasteiger partial charge in [0.2, 0.25) is 5.91 Å². The van der Waals surface area contributed by atoms with Gasteiger partial charge in [0.25, 0.3) is 10.0 Å². The number of pyridine rings is 1. The Kier molecular flexibility index (Phi) is 7.80. The van der Waals surface area contributed by atoms with Gasteiger partial charge in [0.05, 0.1) is 10.6 Å². The van der Waals surface area contributed by atoms with E-state index in [1.54, 1.807) is 48.8 Å². The van der Waals surface area contributed by atoms with Crippen molar-refractivity contribution in [2.24, 2.45) is 0 Å². The first kappa shape index (κ1) is 25.1. The molecule has 0 radical (unpaired) electrons. The number of rotatable bonds is 9. The second-order valence-electron chi connectivity index (χ2n) is 8.58. The molecule has 4 rings (SSSR count). The minimum atomic E-state index is -3.96. The number of sulfonamides is 1. The average Bonchev–Trinajstić information content (AvgIpc) is 2.89. The first-order valence-corrected chi connectivity index (χ1v) is 13.3. The largest absolute Gasteiger partial charge is 0.325 e. The van der Waals surface area contributed by atoms with Gasteiger partial charge in [-0.3, -0.25) is 14.1 Å². The number of para-hydroxylation sites is 1. The molecule has 1 aromatic heterocycles. The second kappa shape index (κ2) is 11.2. The number of aromatic nitrogens is 1. The number of amides is 1. The summed E-state index contributed by atoms with van der Waals surface area (Å²) in [4.78, 5) is 17.3. The molecule has 0 aliphatic carbocycles. The molecule has 1 amide bonds. The van der Waals surface area contributed by atoms with Gasteiger partial charge >= 0.3 is 0 Å². The molecular weight excluding hydrogens is 470 g/mol. The zero-order chi connectivity index (χ0) is 25.5. The normalized spacial score (nSPS) is 11.2. The number of carbonyl (C=O) groups is 1. The predicted octanol–water partition coefficient (Wildman–Crippen LogP) is 5.38. The number of benzene rings is 3. The van der Waals surface area contributed by atoms with Crippen LogP contribution >= 0.6 is 0 Å². The quantitative estimate of drug-likeness (QED) is 0.335. The SMILES string of the molecule is CCc1ccccc1N(CC(=O)Nc1ccc(Cc2ccncc2)cc1)S(=O)(=O)c1ccc(C)cc1. The van der Waals surface area contributed by atoms with Crippen LogP contribution < -0.4 is 9.62 Å². The van der Waals surface area contributed by atoms with Crippen molar-refractivity contribution in [3.8, 4) is 0 Å². The molecule has 0 bridgehead atoms. The molecule has 6 nitrogen and oxygen atoms in total. The van der Waals surface area contributed by atoms with Gasteiger partial charge in [-0.15, -0.1) is 0 Å². The fourth-order valence-corrected chi connectivity index (χ4v) is 5.42. The van der Waals surface area contributed by atoms with Gasteiger partial charge in [0.15, 0.2) is 0 Å². The number of carbonyl (C=O) groups excluding carboxylic acids is 1. The lowest BCUT2D eigenvalue weighted by atomic mass is 10.1. The minimum Gasteiger partial charge on any atom is -0.325 e. The van der Waals surface area contributed by atoms with E-state index in [4.69, 9.17) is 0 Å². The van der Waals surface area contributed by atoms with Gasteiger partial charge < -0.3 is 5.32 Å². The number of nitrogens with one attached hydrogen (secondary N) is 1. The lowest BCUT2D eigenvalue weighted by Crippen LogP contribution is -2.38. The van der Waals surface area contributed by atoms with Crippen molar-refractivity contribution in [2.75, 3.05) is 16.2 Å². The van der Waals surface area contributed by atoms with Gasteiger partial charge in [-0.05, 0) is 78.9 Å². The number of hydrogen-bond donors (Lipinski definition) is 1. The maximum Gasteiger partial charge on any atom is 0.264 e. The van der Waals surface area contributed by atoms with Crippen molar-refractivity contribution < 1.29 is 13.2 Å². The van der Waals surface area contributed by atoms with Crippen molar-refractivity contribution in [3.05, 3.63) is 120 Å². The molecular formula is C29H29N3O3S. The van der Waals surface area contributed by atoms with Crippen molar-refractivity contribution in [1.29, 1.82) is 0 Å². The molecule has 0 aliphatic heterocycles. The molecule has 0 saturated carbocycles. The Morgan fingerprint density at radius 3 is 2.17 bits per heavy atom. The molecule has 7 heteroatoms. The van der Waals surface area contributed by atoms with Crippen molar-refractivity contribution in [1.82, 2.24) is 4.98 Å². The molecule has 0 saturated heterocycles. The predicted molar refractivity (Wildman–Crippen MR) is 144 cm³/mol. The molecule has 0 aliphatic rings. The highest BCUT2D eigenvalue weighted by Gasteiger charge is 2.28. The van der Waals surface area contributed by atoms with Crippen LogP contribution in [0.4, 0.5) is 11.4 Å². The third-order valence-electron chi connectivity index (χ3n) is 5.93. The monoisotopic (exact) mass is 499 g/mol.